The highest BCUT2D eigenvalue weighted by Gasteiger charge is 2.26. The van der Waals surface area contributed by atoms with E-state index in [-0.39, 0.29) is 23.5 Å². The number of amides is 3. The largest absolute Gasteiger partial charge is 0.481 e. The van der Waals surface area contributed by atoms with Crippen LogP contribution < -0.4 is 15.5 Å². The first kappa shape index (κ1) is 30.9. The normalized spacial score (nSPS) is 13.4. The number of carbonyl (C=O) groups excluding carboxylic acids is 3. The number of nitrogens with one attached hydrogen (secondary N) is 2. The van der Waals surface area contributed by atoms with E-state index in [4.69, 9.17) is 5.26 Å². The molecule has 3 aromatic carbocycles. The fourth-order valence-electron chi connectivity index (χ4n) is 5.03. The Morgan fingerprint density at radius 3 is 2.24 bits per heavy atom. The van der Waals surface area contributed by atoms with E-state index in [2.05, 4.69) is 10.6 Å². The van der Waals surface area contributed by atoms with Crippen LogP contribution in [0.3, 0.4) is 0 Å². The molecular formula is C33H28FN5O5S. The molecule has 0 aliphatic carbocycles. The van der Waals surface area contributed by atoms with Crippen molar-refractivity contribution in [2.75, 3.05) is 36.4 Å². The topological polar surface area (TPSA) is 143 Å². The summed E-state index contributed by atoms with van der Waals surface area (Å²) in [5, 5.41) is 25.8. The van der Waals surface area contributed by atoms with Crippen molar-refractivity contribution in [3.05, 3.63) is 117 Å². The maximum Gasteiger partial charge on any atom is 0.305 e. The first-order chi connectivity index (χ1) is 21.7. The average molecular weight is 626 g/mol. The van der Waals surface area contributed by atoms with E-state index in [0.717, 1.165) is 6.07 Å². The van der Waals surface area contributed by atoms with Crippen LogP contribution in [0.2, 0.25) is 0 Å². The summed E-state index contributed by atoms with van der Waals surface area (Å²) in [7, 11) is 0. The van der Waals surface area contributed by atoms with E-state index in [1.54, 1.807) is 58.8 Å². The number of benzene rings is 3. The highest BCUT2D eigenvalue weighted by atomic mass is 32.1. The second-order valence-corrected chi connectivity index (χ2v) is 11.3. The van der Waals surface area contributed by atoms with E-state index in [1.807, 2.05) is 11.0 Å². The fraction of sp³-hybridized carbons (Fsp3) is 0.182. The molecule has 1 atom stereocenters. The van der Waals surface area contributed by atoms with Crippen molar-refractivity contribution < 1.29 is 28.7 Å². The van der Waals surface area contributed by atoms with E-state index in [9.17, 15) is 28.7 Å². The van der Waals surface area contributed by atoms with Gasteiger partial charge in [-0.05, 0) is 72.1 Å². The van der Waals surface area contributed by atoms with Crippen molar-refractivity contribution in [1.29, 1.82) is 5.26 Å². The third-order valence-electron chi connectivity index (χ3n) is 7.33. The Morgan fingerprint density at radius 2 is 1.60 bits per heavy atom. The third kappa shape index (κ3) is 7.52. The molecule has 2 heterocycles. The highest BCUT2D eigenvalue weighted by molar-refractivity contribution is 7.10. The van der Waals surface area contributed by atoms with Gasteiger partial charge in [-0.25, -0.2) is 4.39 Å². The minimum atomic E-state index is -1.07. The summed E-state index contributed by atoms with van der Waals surface area (Å²) in [4.78, 5) is 55.4. The van der Waals surface area contributed by atoms with Gasteiger partial charge in [0.2, 0.25) is 0 Å². The number of thiophene rings is 1. The third-order valence-corrected chi connectivity index (χ3v) is 8.32. The number of carbonyl (C=O) groups is 4. The van der Waals surface area contributed by atoms with E-state index >= 15 is 0 Å². The maximum absolute atomic E-state index is 13.9. The Morgan fingerprint density at radius 1 is 0.889 bits per heavy atom. The molecule has 45 heavy (non-hydrogen) atoms. The van der Waals surface area contributed by atoms with Crippen LogP contribution in [0, 0.1) is 17.1 Å². The van der Waals surface area contributed by atoms with Crippen LogP contribution >= 0.6 is 11.3 Å². The number of carboxylic acid groups (broad SMARTS) is 1. The molecule has 1 aromatic heterocycles. The molecule has 12 heteroatoms. The van der Waals surface area contributed by atoms with Crippen molar-refractivity contribution in [2.45, 2.75) is 12.5 Å². The van der Waals surface area contributed by atoms with Crippen LogP contribution in [0.1, 0.15) is 54.0 Å². The predicted octanol–water partition coefficient (Wildman–Crippen LogP) is 4.92. The average Bonchev–Trinajstić information content (AvgIpc) is 3.59. The van der Waals surface area contributed by atoms with Gasteiger partial charge in [0.25, 0.3) is 17.7 Å². The molecule has 0 bridgehead atoms. The molecule has 3 N–H and O–H groups in total. The number of hydrogen-bond acceptors (Lipinski definition) is 7. The van der Waals surface area contributed by atoms with Gasteiger partial charge in [0, 0.05) is 47.7 Å². The van der Waals surface area contributed by atoms with Crippen LogP contribution in [0.4, 0.5) is 15.8 Å². The second-order valence-electron chi connectivity index (χ2n) is 10.3. The number of aliphatic carboxylic acids is 1. The number of nitrogens with zero attached hydrogens (tertiary/aromatic N) is 3. The SMILES string of the molecule is N#Cc1ccc(C(=O)N2CCN(c3ccc(C(=O)NC(CC(=O)O)c4cccs4)cc3NC(=O)c3cccc(F)c3)CC2)cc1. The van der Waals surface area contributed by atoms with Gasteiger partial charge in [-0.15, -0.1) is 11.3 Å². The van der Waals surface area contributed by atoms with Gasteiger partial charge in [0.05, 0.1) is 35.5 Å². The summed E-state index contributed by atoms with van der Waals surface area (Å²) >= 11 is 1.33. The Hall–Kier alpha value is -5.54. The van der Waals surface area contributed by atoms with Crippen LogP contribution in [-0.2, 0) is 4.79 Å². The molecular weight excluding hydrogens is 597 g/mol. The molecule has 1 saturated heterocycles. The molecule has 5 rings (SSSR count). The summed E-state index contributed by atoms with van der Waals surface area (Å²) in [6.07, 6.45) is -0.307. The number of piperazine rings is 1. The number of hydrogen-bond donors (Lipinski definition) is 3. The van der Waals surface area contributed by atoms with Crippen LogP contribution in [-0.4, -0.2) is 59.9 Å². The Balaban J connectivity index is 1.37. The Kier molecular flexibility index (Phi) is 9.50. The first-order valence-electron chi connectivity index (χ1n) is 14.0. The zero-order valence-corrected chi connectivity index (χ0v) is 24.7. The molecule has 0 saturated carbocycles. The summed E-state index contributed by atoms with van der Waals surface area (Å²) in [6, 6.07) is 21.2. The Labute approximate surface area is 262 Å². The van der Waals surface area contributed by atoms with Crippen molar-refractivity contribution >= 4 is 46.4 Å². The molecule has 10 nitrogen and oxygen atoms in total. The van der Waals surface area contributed by atoms with Gasteiger partial charge in [0.15, 0.2) is 0 Å². The first-order valence-corrected chi connectivity index (χ1v) is 14.9. The second kappa shape index (κ2) is 13.8. The zero-order chi connectivity index (χ0) is 31.9. The summed E-state index contributed by atoms with van der Waals surface area (Å²) in [6.45, 7) is 1.62. The van der Waals surface area contributed by atoms with Gasteiger partial charge < -0.3 is 25.5 Å². The van der Waals surface area contributed by atoms with Gasteiger partial charge in [0.1, 0.15) is 5.82 Å². The molecule has 0 spiro atoms. The van der Waals surface area contributed by atoms with Crippen LogP contribution in [0.5, 0.6) is 0 Å². The maximum atomic E-state index is 13.9. The minimum Gasteiger partial charge on any atom is -0.481 e. The van der Waals surface area contributed by atoms with Gasteiger partial charge in [-0.3, -0.25) is 19.2 Å². The zero-order valence-electron chi connectivity index (χ0n) is 23.9. The fourth-order valence-corrected chi connectivity index (χ4v) is 5.80. The molecule has 1 unspecified atom stereocenters. The number of carboxylic acids is 1. The van der Waals surface area contributed by atoms with Crippen molar-refractivity contribution in [1.82, 2.24) is 10.2 Å². The van der Waals surface area contributed by atoms with Crippen LogP contribution in [0.15, 0.2) is 84.2 Å². The highest BCUT2D eigenvalue weighted by Crippen LogP contribution is 2.30. The van der Waals surface area contributed by atoms with Crippen molar-refractivity contribution in [3.8, 4) is 6.07 Å². The lowest BCUT2D eigenvalue weighted by molar-refractivity contribution is -0.137. The number of nitriles is 1. The van der Waals surface area contributed by atoms with Crippen molar-refractivity contribution in [3.63, 3.8) is 0 Å². The molecule has 4 aromatic rings. The van der Waals surface area contributed by atoms with E-state index in [0.29, 0.717) is 53.6 Å². The summed E-state index contributed by atoms with van der Waals surface area (Å²) in [5.41, 5.74) is 2.12. The molecule has 1 aliphatic rings. The smallest absolute Gasteiger partial charge is 0.305 e. The number of anilines is 2. The van der Waals surface area contributed by atoms with Gasteiger partial charge in [-0.1, -0.05) is 12.1 Å². The predicted molar refractivity (Wildman–Crippen MR) is 167 cm³/mol. The standard InChI is InChI=1S/C33H28FN5O5S/c34-25-4-1-3-23(17-25)31(42)36-26-18-24(32(43)37-27(19-30(40)41)29-5-2-16-45-29)10-11-28(26)38-12-14-39(15-13-38)33(44)22-8-6-21(20-35)7-9-22/h1-11,16-18,27H,12-15,19H2,(H,36,42)(H,37,43)(H,40,41). The summed E-state index contributed by atoms with van der Waals surface area (Å²) < 4.78 is 13.9. The summed E-state index contributed by atoms with van der Waals surface area (Å²) in [5.74, 6) is -2.90. The lowest BCUT2D eigenvalue weighted by Gasteiger charge is -2.37. The molecule has 1 aliphatic heterocycles. The van der Waals surface area contributed by atoms with Crippen LogP contribution in [0.25, 0.3) is 0 Å². The number of rotatable bonds is 9. The lowest BCUT2D eigenvalue weighted by atomic mass is 10.1. The minimum absolute atomic E-state index is 0.0906. The number of halogens is 1. The van der Waals surface area contributed by atoms with Crippen molar-refractivity contribution in [2.24, 2.45) is 0 Å². The van der Waals surface area contributed by atoms with Gasteiger partial charge in [-0.2, -0.15) is 5.26 Å². The van der Waals surface area contributed by atoms with E-state index in [1.165, 1.54) is 35.6 Å². The molecule has 228 valence electrons. The molecule has 0 radical (unpaired) electrons. The van der Waals surface area contributed by atoms with E-state index < -0.39 is 29.6 Å². The molecule has 3 amide bonds. The monoisotopic (exact) mass is 625 g/mol. The quantitative estimate of drug-likeness (QED) is 0.240. The lowest BCUT2D eigenvalue weighted by Crippen LogP contribution is -2.49. The van der Waals surface area contributed by atoms with Gasteiger partial charge >= 0.3 is 5.97 Å². The Bertz CT molecular complexity index is 1760. The molecule has 1 fully saturated rings.